The number of furan rings is 1. The Morgan fingerprint density at radius 1 is 1.10 bits per heavy atom. The first-order valence-electron chi connectivity index (χ1n) is 13.3. The van der Waals surface area contributed by atoms with Gasteiger partial charge in [0.1, 0.15) is 16.5 Å². The van der Waals surface area contributed by atoms with Crippen molar-refractivity contribution in [2.75, 3.05) is 12.4 Å². The number of halogens is 2. The molecule has 1 amide bonds. The molecule has 9 heteroatoms. The number of benzene rings is 2. The van der Waals surface area contributed by atoms with Crippen molar-refractivity contribution < 1.29 is 18.7 Å². The van der Waals surface area contributed by atoms with E-state index in [9.17, 15) is 9.59 Å². The maximum atomic E-state index is 13.6. The van der Waals surface area contributed by atoms with E-state index in [1.165, 1.54) is 12.0 Å². The lowest BCUT2D eigenvalue weighted by molar-refractivity contribution is 0.0601. The second-order valence-electron chi connectivity index (χ2n) is 11.1. The molecule has 5 rings (SSSR count). The standard InChI is InChI=1S/C32H30Cl2N2O4S/c1-32(2,3)19-6-12-23-27(16-19)41-30(28(23)29(37)36-21-9-7-20(33)8-10-21)35-17-22-11-14-26(40-22)18-5-13-25(34)24(15-18)31(38)39-4/h5,7-11,13-15,17,19H,6,12,16H2,1-4H3,(H,36,37)/t19-/m0/s1. The van der Waals surface area contributed by atoms with Crippen LogP contribution in [0.3, 0.4) is 0 Å². The summed E-state index contributed by atoms with van der Waals surface area (Å²) in [4.78, 5) is 31.6. The average Bonchev–Trinajstić information content (AvgIpc) is 3.56. The second-order valence-corrected chi connectivity index (χ2v) is 13.0. The van der Waals surface area contributed by atoms with E-state index in [0.29, 0.717) is 49.3 Å². The molecule has 2 aromatic carbocycles. The molecule has 0 saturated heterocycles. The summed E-state index contributed by atoms with van der Waals surface area (Å²) in [6.07, 6.45) is 4.40. The van der Waals surface area contributed by atoms with E-state index in [4.69, 9.17) is 37.3 Å². The van der Waals surface area contributed by atoms with Crippen LogP contribution in [0, 0.1) is 11.3 Å². The average molecular weight is 610 g/mol. The molecule has 212 valence electrons. The Morgan fingerprint density at radius 2 is 1.85 bits per heavy atom. The summed E-state index contributed by atoms with van der Waals surface area (Å²) in [5.41, 5.74) is 3.46. The Hall–Kier alpha value is -3.39. The van der Waals surface area contributed by atoms with E-state index >= 15 is 0 Å². The number of rotatable bonds is 6. The molecular weight excluding hydrogens is 579 g/mol. The quantitative estimate of drug-likeness (QED) is 0.175. The topological polar surface area (TPSA) is 80.9 Å². The minimum absolute atomic E-state index is 0.177. The number of fused-ring (bicyclic) bond motifs is 1. The van der Waals surface area contributed by atoms with E-state index in [-0.39, 0.29) is 16.9 Å². The van der Waals surface area contributed by atoms with Crippen molar-refractivity contribution in [2.24, 2.45) is 16.3 Å². The molecule has 2 heterocycles. The van der Waals surface area contributed by atoms with Gasteiger partial charge >= 0.3 is 5.97 Å². The fraction of sp³-hybridized carbons (Fsp3) is 0.281. The van der Waals surface area contributed by atoms with E-state index in [0.717, 1.165) is 24.8 Å². The molecule has 1 N–H and O–H groups in total. The van der Waals surface area contributed by atoms with Crippen molar-refractivity contribution in [3.8, 4) is 11.3 Å². The number of amides is 1. The van der Waals surface area contributed by atoms with Crippen LogP contribution in [-0.4, -0.2) is 25.2 Å². The van der Waals surface area contributed by atoms with Crippen molar-refractivity contribution >= 4 is 63.3 Å². The van der Waals surface area contributed by atoms with Crippen LogP contribution in [0.25, 0.3) is 11.3 Å². The maximum absolute atomic E-state index is 13.6. The Morgan fingerprint density at radius 3 is 2.56 bits per heavy atom. The summed E-state index contributed by atoms with van der Waals surface area (Å²) in [7, 11) is 1.31. The van der Waals surface area contributed by atoms with Gasteiger partial charge in [0.05, 0.1) is 29.5 Å². The van der Waals surface area contributed by atoms with E-state index in [2.05, 4.69) is 26.1 Å². The highest BCUT2D eigenvalue weighted by atomic mass is 35.5. The summed E-state index contributed by atoms with van der Waals surface area (Å²) >= 11 is 13.8. The van der Waals surface area contributed by atoms with Gasteiger partial charge in [-0.15, -0.1) is 11.3 Å². The van der Waals surface area contributed by atoms with Crippen molar-refractivity contribution in [2.45, 2.75) is 40.0 Å². The molecular formula is C32H30Cl2N2O4S. The highest BCUT2D eigenvalue weighted by molar-refractivity contribution is 7.16. The Kier molecular flexibility index (Phi) is 8.41. The third kappa shape index (κ3) is 6.43. The number of ether oxygens (including phenoxy) is 1. The number of nitrogens with one attached hydrogen (secondary N) is 1. The lowest BCUT2D eigenvalue weighted by Crippen LogP contribution is -2.27. The first-order valence-corrected chi connectivity index (χ1v) is 14.8. The molecule has 0 saturated carbocycles. The van der Waals surface area contributed by atoms with Crippen molar-refractivity contribution in [3.63, 3.8) is 0 Å². The third-order valence-corrected chi connectivity index (χ3v) is 9.14. The largest absolute Gasteiger partial charge is 0.465 e. The highest BCUT2D eigenvalue weighted by Gasteiger charge is 2.33. The van der Waals surface area contributed by atoms with Gasteiger partial charge in [-0.3, -0.25) is 4.79 Å². The monoisotopic (exact) mass is 608 g/mol. The van der Waals surface area contributed by atoms with Gasteiger partial charge in [0.2, 0.25) is 0 Å². The second kappa shape index (κ2) is 11.8. The van der Waals surface area contributed by atoms with Crippen LogP contribution < -0.4 is 5.32 Å². The number of thiophene rings is 1. The first kappa shape index (κ1) is 29.1. The number of aliphatic imine (C=N–C) groups is 1. The summed E-state index contributed by atoms with van der Waals surface area (Å²) in [6, 6.07) is 15.7. The van der Waals surface area contributed by atoms with Gasteiger partial charge < -0.3 is 14.5 Å². The van der Waals surface area contributed by atoms with Crippen LogP contribution in [-0.2, 0) is 17.6 Å². The van der Waals surface area contributed by atoms with Gasteiger partial charge in [-0.1, -0.05) is 44.0 Å². The molecule has 0 radical (unpaired) electrons. The Labute approximate surface area is 253 Å². The summed E-state index contributed by atoms with van der Waals surface area (Å²) in [5, 5.41) is 4.56. The van der Waals surface area contributed by atoms with Crippen LogP contribution in [0.1, 0.15) is 64.1 Å². The van der Waals surface area contributed by atoms with Gasteiger partial charge in [0.25, 0.3) is 5.91 Å². The molecule has 1 atom stereocenters. The number of carbonyl (C=O) groups excluding carboxylic acids is 2. The number of esters is 1. The SMILES string of the molecule is COC(=O)c1cc(-c2ccc(C=Nc3sc4c(c3C(=O)Nc3ccc(Cl)cc3)CC[C@H](C(C)(C)C)C4)o2)ccc1Cl. The van der Waals surface area contributed by atoms with Crippen molar-refractivity contribution in [1.82, 2.24) is 0 Å². The number of hydrogen-bond acceptors (Lipinski definition) is 6. The van der Waals surface area contributed by atoms with Gasteiger partial charge in [0.15, 0.2) is 0 Å². The molecule has 0 aliphatic heterocycles. The van der Waals surface area contributed by atoms with Crippen LogP contribution in [0.15, 0.2) is 64.0 Å². The molecule has 1 aliphatic carbocycles. The Balaban J connectivity index is 1.46. The highest BCUT2D eigenvalue weighted by Crippen LogP contribution is 2.45. The lowest BCUT2D eigenvalue weighted by atomic mass is 9.72. The molecule has 0 fully saturated rings. The molecule has 4 aromatic rings. The number of carbonyl (C=O) groups is 2. The smallest absolute Gasteiger partial charge is 0.339 e. The van der Waals surface area contributed by atoms with E-state index in [1.807, 2.05) is 0 Å². The molecule has 0 unspecified atom stereocenters. The van der Waals surface area contributed by atoms with Crippen LogP contribution in [0.2, 0.25) is 10.0 Å². The molecule has 0 spiro atoms. The summed E-state index contributed by atoms with van der Waals surface area (Å²) < 4.78 is 10.8. The zero-order valence-electron chi connectivity index (χ0n) is 23.2. The zero-order valence-corrected chi connectivity index (χ0v) is 25.5. The number of hydrogen-bond donors (Lipinski definition) is 1. The van der Waals surface area contributed by atoms with Crippen LogP contribution >= 0.6 is 34.5 Å². The first-order chi connectivity index (χ1) is 19.5. The zero-order chi connectivity index (χ0) is 29.3. The van der Waals surface area contributed by atoms with Crippen LogP contribution in [0.4, 0.5) is 10.7 Å². The van der Waals surface area contributed by atoms with E-state index < -0.39 is 5.97 Å². The predicted octanol–water partition coefficient (Wildman–Crippen LogP) is 9.26. The normalized spacial score (nSPS) is 15.1. The van der Waals surface area contributed by atoms with Crippen molar-refractivity contribution in [1.29, 1.82) is 0 Å². The fourth-order valence-corrected chi connectivity index (χ4v) is 6.60. The molecule has 0 bridgehead atoms. The van der Waals surface area contributed by atoms with Gasteiger partial charge in [0, 0.05) is 21.2 Å². The predicted molar refractivity (Wildman–Crippen MR) is 166 cm³/mol. The van der Waals surface area contributed by atoms with Gasteiger partial charge in [-0.2, -0.15) is 0 Å². The molecule has 41 heavy (non-hydrogen) atoms. The molecule has 2 aromatic heterocycles. The van der Waals surface area contributed by atoms with Gasteiger partial charge in [-0.25, -0.2) is 9.79 Å². The summed E-state index contributed by atoms with van der Waals surface area (Å²) in [5.74, 6) is 0.873. The summed E-state index contributed by atoms with van der Waals surface area (Å²) in [6.45, 7) is 6.81. The molecule has 6 nitrogen and oxygen atoms in total. The molecule has 1 aliphatic rings. The minimum Gasteiger partial charge on any atom is -0.465 e. The van der Waals surface area contributed by atoms with Gasteiger partial charge in [-0.05, 0) is 90.8 Å². The van der Waals surface area contributed by atoms with E-state index in [1.54, 1.807) is 72.1 Å². The Bertz CT molecular complexity index is 1630. The van der Waals surface area contributed by atoms with Crippen molar-refractivity contribution in [3.05, 3.63) is 92.0 Å². The van der Waals surface area contributed by atoms with Crippen LogP contribution in [0.5, 0.6) is 0 Å². The number of anilines is 1. The minimum atomic E-state index is -0.523. The number of methoxy groups -OCH3 is 1. The number of nitrogens with zero attached hydrogens (tertiary/aromatic N) is 1. The fourth-order valence-electron chi connectivity index (χ4n) is 5.01. The lowest BCUT2D eigenvalue weighted by Gasteiger charge is -2.33. The third-order valence-electron chi connectivity index (χ3n) is 7.39. The maximum Gasteiger partial charge on any atom is 0.339 e.